The van der Waals surface area contributed by atoms with Crippen LogP contribution in [0.2, 0.25) is 0 Å². The highest BCUT2D eigenvalue weighted by atomic mass is 16.7. The number of anilines is 2. The summed E-state index contributed by atoms with van der Waals surface area (Å²) >= 11 is 0. The van der Waals surface area contributed by atoms with Crippen molar-refractivity contribution in [3.8, 4) is 0 Å². The Kier molecular flexibility index (Phi) is 6.28. The number of fused-ring (bicyclic) bond motifs is 1. The van der Waals surface area contributed by atoms with Crippen molar-refractivity contribution in [2.24, 2.45) is 0 Å². The molecule has 0 atom stereocenters. The van der Waals surface area contributed by atoms with Gasteiger partial charge in [-0.25, -0.2) is 4.79 Å². The Bertz CT molecular complexity index is 1320. The van der Waals surface area contributed by atoms with Crippen LogP contribution < -0.4 is 14.6 Å². The number of carbonyl (C=O) groups is 1. The lowest BCUT2D eigenvalue weighted by Crippen LogP contribution is -2.46. The van der Waals surface area contributed by atoms with Gasteiger partial charge in [-0.15, -0.1) is 5.10 Å². The van der Waals surface area contributed by atoms with E-state index in [2.05, 4.69) is 44.4 Å². The SMILES string of the molecule is O=C(On1nnc2ccccc21)c1ccc(N2CCN(c3ccc(C4CCCCC4)cc3)CC2)cc1. The number of hydrogen-bond acceptors (Lipinski definition) is 6. The lowest BCUT2D eigenvalue weighted by atomic mass is 9.84. The highest BCUT2D eigenvalue weighted by Crippen LogP contribution is 2.33. The van der Waals surface area contributed by atoms with E-state index in [0.29, 0.717) is 16.6 Å². The van der Waals surface area contributed by atoms with Crippen LogP contribution in [-0.2, 0) is 0 Å². The third-order valence-electron chi connectivity index (χ3n) is 7.57. The molecule has 7 nitrogen and oxygen atoms in total. The zero-order chi connectivity index (χ0) is 24.3. The number of piperazine rings is 1. The summed E-state index contributed by atoms with van der Waals surface area (Å²) in [5, 5.41) is 7.94. The van der Waals surface area contributed by atoms with Gasteiger partial charge in [-0.1, -0.05) is 48.4 Å². The molecule has 1 saturated heterocycles. The lowest BCUT2D eigenvalue weighted by Gasteiger charge is -2.37. The lowest BCUT2D eigenvalue weighted by molar-refractivity contribution is 0.0409. The van der Waals surface area contributed by atoms with Crippen LogP contribution in [0.1, 0.15) is 53.9 Å². The molecule has 36 heavy (non-hydrogen) atoms. The van der Waals surface area contributed by atoms with Crippen molar-refractivity contribution in [1.29, 1.82) is 0 Å². The highest BCUT2D eigenvalue weighted by molar-refractivity contribution is 5.90. The summed E-state index contributed by atoms with van der Waals surface area (Å²) in [4.78, 5) is 24.1. The Morgan fingerprint density at radius 1 is 0.750 bits per heavy atom. The molecule has 2 heterocycles. The van der Waals surface area contributed by atoms with E-state index in [0.717, 1.165) is 37.8 Å². The summed E-state index contributed by atoms with van der Waals surface area (Å²) < 4.78 is 0. The summed E-state index contributed by atoms with van der Waals surface area (Å²) in [6.45, 7) is 3.84. The van der Waals surface area contributed by atoms with Gasteiger partial charge >= 0.3 is 5.97 Å². The van der Waals surface area contributed by atoms with Crippen LogP contribution >= 0.6 is 0 Å². The fourth-order valence-corrected chi connectivity index (χ4v) is 5.47. The minimum absolute atomic E-state index is 0.460. The first kappa shape index (κ1) is 22.6. The van der Waals surface area contributed by atoms with Crippen LogP contribution in [0.3, 0.4) is 0 Å². The van der Waals surface area contributed by atoms with Crippen molar-refractivity contribution in [3.63, 3.8) is 0 Å². The van der Waals surface area contributed by atoms with Crippen molar-refractivity contribution in [1.82, 2.24) is 15.2 Å². The third-order valence-corrected chi connectivity index (χ3v) is 7.57. The van der Waals surface area contributed by atoms with E-state index < -0.39 is 5.97 Å². The molecule has 7 heteroatoms. The molecule has 0 bridgehead atoms. The topological polar surface area (TPSA) is 63.5 Å². The molecule has 4 aromatic rings. The maximum atomic E-state index is 12.6. The Labute approximate surface area is 211 Å². The second kappa shape index (κ2) is 10.0. The normalized spacial score (nSPS) is 16.9. The molecule has 1 aliphatic carbocycles. The first-order valence-electron chi connectivity index (χ1n) is 13.0. The van der Waals surface area contributed by atoms with Crippen LogP contribution in [-0.4, -0.2) is 47.3 Å². The molecule has 184 valence electrons. The van der Waals surface area contributed by atoms with Gasteiger partial charge in [0.2, 0.25) is 0 Å². The highest BCUT2D eigenvalue weighted by Gasteiger charge is 2.20. The second-order valence-electron chi connectivity index (χ2n) is 9.78. The molecule has 2 fully saturated rings. The maximum Gasteiger partial charge on any atom is 0.365 e. The van der Waals surface area contributed by atoms with Crippen LogP contribution in [0.15, 0.2) is 72.8 Å². The molecular weight excluding hydrogens is 450 g/mol. The van der Waals surface area contributed by atoms with Crippen molar-refractivity contribution >= 4 is 28.4 Å². The van der Waals surface area contributed by atoms with Gasteiger partial charge in [0.05, 0.1) is 5.56 Å². The number of carbonyl (C=O) groups excluding carboxylic acids is 1. The summed E-state index contributed by atoms with van der Waals surface area (Å²) in [6.07, 6.45) is 6.81. The van der Waals surface area contributed by atoms with Gasteiger partial charge in [0.1, 0.15) is 11.0 Å². The Hall–Kier alpha value is -3.87. The van der Waals surface area contributed by atoms with Crippen LogP contribution in [0.5, 0.6) is 0 Å². The van der Waals surface area contributed by atoms with Crippen molar-refractivity contribution in [3.05, 3.63) is 83.9 Å². The minimum Gasteiger partial charge on any atom is -0.368 e. The molecule has 0 spiro atoms. The summed E-state index contributed by atoms with van der Waals surface area (Å²) in [5.41, 5.74) is 5.75. The Morgan fingerprint density at radius 2 is 1.36 bits per heavy atom. The van der Waals surface area contributed by atoms with E-state index in [1.165, 1.54) is 48.2 Å². The van der Waals surface area contributed by atoms with E-state index in [1.807, 2.05) is 48.5 Å². The number of para-hydroxylation sites is 1. The predicted octanol–water partition coefficient (Wildman–Crippen LogP) is 5.07. The summed E-state index contributed by atoms with van der Waals surface area (Å²) in [6, 6.07) is 24.3. The quantitative estimate of drug-likeness (QED) is 0.371. The maximum absolute atomic E-state index is 12.6. The van der Waals surface area contributed by atoms with E-state index in [9.17, 15) is 4.79 Å². The van der Waals surface area contributed by atoms with Gasteiger partial charge in [0, 0.05) is 37.6 Å². The Morgan fingerprint density at radius 3 is 2.03 bits per heavy atom. The number of nitrogens with zero attached hydrogens (tertiary/aromatic N) is 5. The second-order valence-corrected chi connectivity index (χ2v) is 9.78. The smallest absolute Gasteiger partial charge is 0.365 e. The number of benzene rings is 3. The molecule has 3 aromatic carbocycles. The molecule has 1 aliphatic heterocycles. The standard InChI is InChI=1S/C29H31N5O2/c35-29(36-34-28-9-5-4-8-27(28)30-31-34)24-12-16-26(17-13-24)33-20-18-32(19-21-33)25-14-10-23(11-15-25)22-6-2-1-3-7-22/h4-5,8-17,22H,1-3,6-7,18-21H2. The van der Waals surface area contributed by atoms with Crippen LogP contribution in [0, 0.1) is 0 Å². The molecule has 0 unspecified atom stereocenters. The first-order valence-corrected chi connectivity index (χ1v) is 13.0. The first-order chi connectivity index (χ1) is 17.7. The van der Waals surface area contributed by atoms with Gasteiger partial charge in [0.15, 0.2) is 0 Å². The number of hydrogen-bond donors (Lipinski definition) is 0. The number of aromatic nitrogens is 3. The molecular formula is C29H31N5O2. The summed E-state index contributed by atoms with van der Waals surface area (Å²) in [7, 11) is 0. The number of rotatable bonds is 5. The third kappa shape index (κ3) is 4.65. The van der Waals surface area contributed by atoms with Crippen LogP contribution in [0.4, 0.5) is 11.4 Å². The molecule has 2 aliphatic rings. The van der Waals surface area contributed by atoms with E-state index in [1.54, 1.807) is 0 Å². The van der Waals surface area contributed by atoms with Gasteiger partial charge in [0.25, 0.3) is 0 Å². The monoisotopic (exact) mass is 481 g/mol. The van der Waals surface area contributed by atoms with Crippen molar-refractivity contribution < 1.29 is 9.63 Å². The van der Waals surface area contributed by atoms with Gasteiger partial charge in [-0.3, -0.25) is 0 Å². The van der Waals surface area contributed by atoms with Crippen molar-refractivity contribution in [2.45, 2.75) is 38.0 Å². The molecule has 1 aromatic heterocycles. The van der Waals surface area contributed by atoms with E-state index >= 15 is 0 Å². The van der Waals surface area contributed by atoms with E-state index in [4.69, 9.17) is 4.84 Å². The fourth-order valence-electron chi connectivity index (χ4n) is 5.47. The predicted molar refractivity (Wildman–Crippen MR) is 142 cm³/mol. The average molecular weight is 482 g/mol. The molecule has 1 saturated carbocycles. The average Bonchev–Trinajstić information content (AvgIpc) is 3.36. The molecule has 0 radical (unpaired) electrons. The van der Waals surface area contributed by atoms with E-state index in [-0.39, 0.29) is 0 Å². The summed E-state index contributed by atoms with van der Waals surface area (Å²) in [5.74, 6) is 0.291. The molecule has 6 rings (SSSR count). The van der Waals surface area contributed by atoms with Gasteiger partial charge in [-0.2, -0.15) is 0 Å². The molecule has 0 amide bonds. The fraction of sp³-hybridized carbons (Fsp3) is 0.345. The Balaban J connectivity index is 1.05. The van der Waals surface area contributed by atoms with Gasteiger partial charge < -0.3 is 14.6 Å². The zero-order valence-electron chi connectivity index (χ0n) is 20.4. The zero-order valence-corrected chi connectivity index (χ0v) is 20.4. The molecule has 0 N–H and O–H groups in total. The minimum atomic E-state index is -0.460. The largest absolute Gasteiger partial charge is 0.368 e. The van der Waals surface area contributed by atoms with Crippen LogP contribution in [0.25, 0.3) is 11.0 Å². The van der Waals surface area contributed by atoms with Gasteiger partial charge in [-0.05, 0) is 78.1 Å². The van der Waals surface area contributed by atoms with Crippen molar-refractivity contribution in [2.75, 3.05) is 36.0 Å².